The van der Waals surface area contributed by atoms with E-state index in [1.165, 1.54) is 0 Å². The van der Waals surface area contributed by atoms with Crippen LogP contribution in [-0.4, -0.2) is 22.3 Å². The summed E-state index contributed by atoms with van der Waals surface area (Å²) in [6.07, 6.45) is 1.31. The Morgan fingerprint density at radius 1 is 1.39 bits per heavy atom. The predicted molar refractivity (Wildman–Crippen MR) is 67.8 cm³/mol. The van der Waals surface area contributed by atoms with Crippen molar-refractivity contribution in [3.8, 4) is 0 Å². The number of fused-ring (bicyclic) bond motifs is 1. The van der Waals surface area contributed by atoms with Crippen molar-refractivity contribution in [3.63, 3.8) is 0 Å². The van der Waals surface area contributed by atoms with E-state index in [1.807, 2.05) is 25.1 Å². The Bertz CT molecular complexity index is 556. The first-order valence-electron chi connectivity index (χ1n) is 6.05. The topological polar surface area (TPSA) is 70.7 Å². The van der Waals surface area contributed by atoms with Crippen molar-refractivity contribution in [3.05, 3.63) is 35.6 Å². The first-order chi connectivity index (χ1) is 8.63. The van der Waals surface area contributed by atoms with E-state index in [0.29, 0.717) is 30.4 Å². The molecule has 1 atom stereocenters. The molecule has 0 saturated carbocycles. The monoisotopic (exact) mass is 248 g/mol. The number of carbonyl (C=O) groups is 1. The maximum atomic E-state index is 11.1. The Labute approximate surface area is 105 Å². The summed E-state index contributed by atoms with van der Waals surface area (Å²) in [5, 5.41) is 19.5. The minimum absolute atomic E-state index is 0.0143. The summed E-state index contributed by atoms with van der Waals surface area (Å²) in [5.41, 5.74) is 1.25. The van der Waals surface area contributed by atoms with Crippen LogP contribution in [0.2, 0.25) is 0 Å². The van der Waals surface area contributed by atoms with Crippen molar-refractivity contribution in [1.29, 1.82) is 0 Å². The highest BCUT2D eigenvalue weighted by Gasteiger charge is 2.19. The van der Waals surface area contributed by atoms with E-state index in [1.54, 1.807) is 6.07 Å². The van der Waals surface area contributed by atoms with E-state index < -0.39 is 12.1 Å². The molecular formula is C14H16O4. The average Bonchev–Trinajstić information content (AvgIpc) is 2.75. The van der Waals surface area contributed by atoms with Gasteiger partial charge in [-0.15, -0.1) is 0 Å². The second kappa shape index (κ2) is 5.23. The number of aryl methyl sites for hydroxylation is 1. The Balaban J connectivity index is 2.39. The number of hydrogen-bond acceptors (Lipinski definition) is 3. The van der Waals surface area contributed by atoms with Crippen LogP contribution >= 0.6 is 0 Å². The predicted octanol–water partition coefficient (Wildman–Crippen LogP) is 2.83. The molecule has 0 spiro atoms. The fourth-order valence-corrected chi connectivity index (χ4v) is 2.03. The summed E-state index contributed by atoms with van der Waals surface area (Å²) in [4.78, 5) is 11.1. The third kappa shape index (κ3) is 2.38. The summed E-state index contributed by atoms with van der Waals surface area (Å²) in [5.74, 6) is -1.08. The van der Waals surface area contributed by atoms with Crippen molar-refractivity contribution in [1.82, 2.24) is 0 Å². The number of aliphatic hydroxyl groups excluding tert-OH is 1. The molecule has 2 N–H and O–H groups in total. The van der Waals surface area contributed by atoms with Gasteiger partial charge in [-0.25, -0.2) is 4.79 Å². The van der Waals surface area contributed by atoms with E-state index in [0.717, 1.165) is 5.39 Å². The van der Waals surface area contributed by atoms with E-state index >= 15 is 0 Å². The Morgan fingerprint density at radius 3 is 2.78 bits per heavy atom. The van der Waals surface area contributed by atoms with Crippen LogP contribution in [0.15, 0.2) is 28.7 Å². The second-order valence-electron chi connectivity index (χ2n) is 4.31. The van der Waals surface area contributed by atoms with E-state index in [-0.39, 0.29) is 5.76 Å². The Morgan fingerprint density at radius 2 is 2.11 bits per heavy atom. The van der Waals surface area contributed by atoms with Gasteiger partial charge in [-0.1, -0.05) is 25.1 Å². The first-order valence-corrected chi connectivity index (χ1v) is 6.05. The summed E-state index contributed by atoms with van der Waals surface area (Å²) in [6.45, 7) is 1.90. The lowest BCUT2D eigenvalue weighted by Gasteiger charge is -2.06. The molecule has 4 heteroatoms. The highest BCUT2D eigenvalue weighted by atomic mass is 16.4. The molecule has 0 aliphatic heterocycles. The molecule has 96 valence electrons. The Kier molecular flexibility index (Phi) is 3.67. The zero-order chi connectivity index (χ0) is 13.1. The molecule has 2 rings (SSSR count). The van der Waals surface area contributed by atoms with Gasteiger partial charge in [0.25, 0.3) is 0 Å². The molecule has 0 aliphatic rings. The number of benzene rings is 1. The Hall–Kier alpha value is -1.81. The molecule has 1 heterocycles. The van der Waals surface area contributed by atoms with Gasteiger partial charge in [-0.2, -0.15) is 0 Å². The maximum absolute atomic E-state index is 11.1. The van der Waals surface area contributed by atoms with E-state index in [9.17, 15) is 9.90 Å². The minimum Gasteiger partial charge on any atom is -0.475 e. The lowest BCUT2D eigenvalue weighted by atomic mass is 10.0. The normalized spacial score (nSPS) is 12.8. The van der Waals surface area contributed by atoms with E-state index in [4.69, 9.17) is 9.52 Å². The number of carboxylic acid groups (broad SMARTS) is 1. The van der Waals surface area contributed by atoms with Gasteiger partial charge in [-0.3, -0.25) is 0 Å². The quantitative estimate of drug-likeness (QED) is 0.853. The molecule has 2 aromatic rings. The molecule has 1 unspecified atom stereocenters. The van der Waals surface area contributed by atoms with Crippen LogP contribution in [0, 0.1) is 0 Å². The summed E-state index contributed by atoms with van der Waals surface area (Å²) in [7, 11) is 0. The largest absolute Gasteiger partial charge is 0.475 e. The molecule has 18 heavy (non-hydrogen) atoms. The van der Waals surface area contributed by atoms with Gasteiger partial charge in [0, 0.05) is 10.9 Å². The zero-order valence-corrected chi connectivity index (χ0v) is 10.2. The van der Waals surface area contributed by atoms with Crippen LogP contribution in [-0.2, 0) is 6.42 Å². The van der Waals surface area contributed by atoms with Crippen molar-refractivity contribution in [2.75, 3.05) is 0 Å². The molecule has 0 amide bonds. The van der Waals surface area contributed by atoms with Crippen LogP contribution in [0.4, 0.5) is 0 Å². The highest BCUT2D eigenvalue weighted by Crippen LogP contribution is 2.27. The molecule has 0 aliphatic carbocycles. The molecule has 1 aromatic heterocycles. The van der Waals surface area contributed by atoms with Crippen molar-refractivity contribution in [2.45, 2.75) is 32.3 Å². The number of furan rings is 1. The smallest absolute Gasteiger partial charge is 0.372 e. The number of carboxylic acids is 1. The fourth-order valence-electron chi connectivity index (χ4n) is 2.03. The standard InChI is InChI=1S/C14H16O4/c1-2-9(15)7-8-11-10-5-3-4-6-12(10)18-13(11)14(16)17/h3-6,9,15H,2,7-8H2,1H3,(H,16,17). The lowest BCUT2D eigenvalue weighted by molar-refractivity contribution is 0.0662. The molecule has 0 radical (unpaired) electrons. The maximum Gasteiger partial charge on any atom is 0.372 e. The van der Waals surface area contributed by atoms with Crippen molar-refractivity contribution < 1.29 is 19.4 Å². The number of aromatic carboxylic acids is 1. The van der Waals surface area contributed by atoms with Gasteiger partial charge in [0.15, 0.2) is 0 Å². The molecule has 0 bridgehead atoms. The van der Waals surface area contributed by atoms with Crippen LogP contribution in [0.1, 0.15) is 35.9 Å². The first kappa shape index (κ1) is 12.6. The third-order valence-corrected chi connectivity index (χ3v) is 3.09. The van der Waals surface area contributed by atoms with Crippen molar-refractivity contribution in [2.24, 2.45) is 0 Å². The van der Waals surface area contributed by atoms with Crippen LogP contribution in [0.5, 0.6) is 0 Å². The zero-order valence-electron chi connectivity index (χ0n) is 10.2. The highest BCUT2D eigenvalue weighted by molar-refractivity contribution is 5.95. The number of hydrogen-bond donors (Lipinski definition) is 2. The lowest BCUT2D eigenvalue weighted by Crippen LogP contribution is -2.07. The molecule has 0 fully saturated rings. The van der Waals surface area contributed by atoms with Crippen LogP contribution < -0.4 is 0 Å². The third-order valence-electron chi connectivity index (χ3n) is 3.09. The van der Waals surface area contributed by atoms with Gasteiger partial charge in [-0.05, 0) is 25.3 Å². The molecular weight excluding hydrogens is 232 g/mol. The molecule has 4 nitrogen and oxygen atoms in total. The minimum atomic E-state index is -1.06. The van der Waals surface area contributed by atoms with Gasteiger partial charge in [0.2, 0.25) is 5.76 Å². The summed E-state index contributed by atoms with van der Waals surface area (Å²) in [6, 6.07) is 7.26. The summed E-state index contributed by atoms with van der Waals surface area (Å²) >= 11 is 0. The van der Waals surface area contributed by atoms with E-state index in [2.05, 4.69) is 0 Å². The molecule has 0 saturated heterocycles. The van der Waals surface area contributed by atoms with Crippen molar-refractivity contribution >= 4 is 16.9 Å². The van der Waals surface area contributed by atoms with Gasteiger partial charge in [0.1, 0.15) is 5.58 Å². The van der Waals surface area contributed by atoms with Gasteiger partial charge < -0.3 is 14.6 Å². The average molecular weight is 248 g/mol. The summed E-state index contributed by atoms with van der Waals surface area (Å²) < 4.78 is 5.35. The van der Waals surface area contributed by atoms with Gasteiger partial charge in [0.05, 0.1) is 6.10 Å². The number of rotatable bonds is 5. The number of para-hydroxylation sites is 1. The second-order valence-corrected chi connectivity index (χ2v) is 4.31. The SMILES string of the molecule is CCC(O)CCc1c(C(=O)O)oc2ccccc12. The van der Waals surface area contributed by atoms with Crippen LogP contribution in [0.3, 0.4) is 0 Å². The number of aliphatic hydroxyl groups is 1. The fraction of sp³-hybridized carbons (Fsp3) is 0.357. The van der Waals surface area contributed by atoms with Crippen LogP contribution in [0.25, 0.3) is 11.0 Å². The van der Waals surface area contributed by atoms with Gasteiger partial charge >= 0.3 is 5.97 Å². The molecule has 1 aromatic carbocycles.